The van der Waals surface area contributed by atoms with Crippen LogP contribution in [-0.2, 0) is 4.79 Å². The number of nitrogens with two attached hydrogens (primary N) is 1. The summed E-state index contributed by atoms with van der Waals surface area (Å²) >= 11 is 0. The van der Waals surface area contributed by atoms with Crippen molar-refractivity contribution in [1.82, 2.24) is 0 Å². The molecule has 1 rings (SSSR count). The normalized spacial score (nSPS) is 11.9. The Kier molecular flexibility index (Phi) is 4.85. The first-order chi connectivity index (χ1) is 8.45. The van der Waals surface area contributed by atoms with Crippen molar-refractivity contribution in [3.05, 3.63) is 29.3 Å². The molecule has 98 valence electrons. The summed E-state index contributed by atoms with van der Waals surface area (Å²) in [6, 6.07) is 4.23. The standard InChI is InChI=1S/C13H18N2O3/c1-3-4-10(14)12(16)15-11-6-5-8(2)7-9(11)13(17)18/h5-7,10H,3-4,14H2,1-2H3,(H,15,16)(H,17,18). The topological polar surface area (TPSA) is 92.4 Å². The Balaban J connectivity index is 2.90. The van der Waals surface area contributed by atoms with Gasteiger partial charge in [-0.3, -0.25) is 4.79 Å². The van der Waals surface area contributed by atoms with E-state index in [-0.39, 0.29) is 17.2 Å². The number of hydrogen-bond donors (Lipinski definition) is 3. The van der Waals surface area contributed by atoms with E-state index in [2.05, 4.69) is 5.32 Å². The molecule has 5 heteroatoms. The average molecular weight is 250 g/mol. The van der Waals surface area contributed by atoms with Gasteiger partial charge in [0.25, 0.3) is 0 Å². The fourth-order valence-corrected chi connectivity index (χ4v) is 1.61. The summed E-state index contributed by atoms with van der Waals surface area (Å²) in [6.07, 6.45) is 1.37. The van der Waals surface area contributed by atoms with E-state index < -0.39 is 12.0 Å². The van der Waals surface area contributed by atoms with Crippen molar-refractivity contribution in [2.75, 3.05) is 5.32 Å². The molecule has 0 aliphatic rings. The van der Waals surface area contributed by atoms with Crippen LogP contribution in [0.15, 0.2) is 18.2 Å². The Bertz CT molecular complexity index is 458. The van der Waals surface area contributed by atoms with E-state index in [0.717, 1.165) is 12.0 Å². The Morgan fingerprint density at radius 2 is 2.11 bits per heavy atom. The molecule has 1 amide bonds. The number of carbonyl (C=O) groups is 2. The minimum Gasteiger partial charge on any atom is -0.478 e. The van der Waals surface area contributed by atoms with E-state index >= 15 is 0 Å². The van der Waals surface area contributed by atoms with Crippen LogP contribution in [0.25, 0.3) is 0 Å². The summed E-state index contributed by atoms with van der Waals surface area (Å²) < 4.78 is 0. The Morgan fingerprint density at radius 1 is 1.44 bits per heavy atom. The number of rotatable bonds is 5. The van der Waals surface area contributed by atoms with Crippen molar-refractivity contribution < 1.29 is 14.7 Å². The van der Waals surface area contributed by atoms with Gasteiger partial charge in [0.15, 0.2) is 0 Å². The lowest BCUT2D eigenvalue weighted by atomic mass is 10.1. The molecule has 0 aliphatic carbocycles. The third-order valence-electron chi connectivity index (χ3n) is 2.60. The smallest absolute Gasteiger partial charge is 0.337 e. The number of carboxylic acid groups (broad SMARTS) is 1. The second kappa shape index (κ2) is 6.16. The van der Waals surface area contributed by atoms with Crippen LogP contribution >= 0.6 is 0 Å². The van der Waals surface area contributed by atoms with Crippen LogP contribution in [-0.4, -0.2) is 23.0 Å². The lowest BCUT2D eigenvalue weighted by molar-refractivity contribution is -0.117. The second-order valence-electron chi connectivity index (χ2n) is 4.24. The third-order valence-corrected chi connectivity index (χ3v) is 2.60. The number of carboxylic acids is 1. The molecular weight excluding hydrogens is 232 g/mol. The molecule has 1 aromatic carbocycles. The largest absolute Gasteiger partial charge is 0.478 e. The van der Waals surface area contributed by atoms with Crippen LogP contribution in [0.1, 0.15) is 35.7 Å². The maximum Gasteiger partial charge on any atom is 0.337 e. The zero-order valence-corrected chi connectivity index (χ0v) is 10.6. The minimum absolute atomic E-state index is 0.0760. The summed E-state index contributed by atoms with van der Waals surface area (Å²) in [5, 5.41) is 11.6. The molecule has 0 aliphatic heterocycles. The number of benzene rings is 1. The van der Waals surface area contributed by atoms with Crippen molar-refractivity contribution in [2.45, 2.75) is 32.7 Å². The highest BCUT2D eigenvalue weighted by Crippen LogP contribution is 2.17. The first-order valence-corrected chi connectivity index (χ1v) is 5.86. The van der Waals surface area contributed by atoms with Crippen molar-refractivity contribution in [1.29, 1.82) is 0 Å². The number of anilines is 1. The summed E-state index contributed by atoms with van der Waals surface area (Å²) in [5.41, 5.74) is 6.85. The molecule has 4 N–H and O–H groups in total. The fourth-order valence-electron chi connectivity index (χ4n) is 1.61. The first-order valence-electron chi connectivity index (χ1n) is 5.86. The predicted molar refractivity (Wildman–Crippen MR) is 69.7 cm³/mol. The number of amides is 1. The van der Waals surface area contributed by atoms with Crippen molar-refractivity contribution >= 4 is 17.6 Å². The van der Waals surface area contributed by atoms with Crippen LogP contribution in [0, 0.1) is 6.92 Å². The Hall–Kier alpha value is -1.88. The van der Waals surface area contributed by atoms with Gasteiger partial charge in [0.05, 0.1) is 17.3 Å². The van der Waals surface area contributed by atoms with Gasteiger partial charge in [-0.15, -0.1) is 0 Å². The van der Waals surface area contributed by atoms with Crippen molar-refractivity contribution in [3.8, 4) is 0 Å². The van der Waals surface area contributed by atoms with Crippen LogP contribution in [0.4, 0.5) is 5.69 Å². The van der Waals surface area contributed by atoms with Crippen molar-refractivity contribution in [3.63, 3.8) is 0 Å². The lowest BCUT2D eigenvalue weighted by Crippen LogP contribution is -2.35. The van der Waals surface area contributed by atoms with E-state index in [1.807, 2.05) is 6.92 Å². The minimum atomic E-state index is -1.07. The van der Waals surface area contributed by atoms with Gasteiger partial charge in [-0.25, -0.2) is 4.79 Å². The van der Waals surface area contributed by atoms with E-state index in [1.165, 1.54) is 6.07 Å². The van der Waals surface area contributed by atoms with E-state index in [9.17, 15) is 9.59 Å². The SMILES string of the molecule is CCCC(N)C(=O)Nc1ccc(C)cc1C(=O)O. The Morgan fingerprint density at radius 3 is 2.67 bits per heavy atom. The highest BCUT2D eigenvalue weighted by Gasteiger charge is 2.16. The van der Waals surface area contributed by atoms with Crippen LogP contribution in [0.2, 0.25) is 0 Å². The number of nitrogens with one attached hydrogen (secondary N) is 1. The molecule has 18 heavy (non-hydrogen) atoms. The number of carbonyl (C=O) groups excluding carboxylic acids is 1. The average Bonchev–Trinajstić information content (AvgIpc) is 2.31. The first kappa shape index (κ1) is 14.2. The molecule has 0 radical (unpaired) electrons. The molecule has 1 unspecified atom stereocenters. The van der Waals surface area contributed by atoms with Crippen LogP contribution in [0.5, 0.6) is 0 Å². The molecule has 0 heterocycles. The van der Waals surface area contributed by atoms with Gasteiger partial charge in [0.1, 0.15) is 0 Å². The molecular formula is C13H18N2O3. The maximum absolute atomic E-state index is 11.7. The van der Waals surface area contributed by atoms with Crippen LogP contribution in [0.3, 0.4) is 0 Å². The van der Waals surface area contributed by atoms with Crippen LogP contribution < -0.4 is 11.1 Å². The molecule has 0 saturated carbocycles. The summed E-state index contributed by atoms with van der Waals surface area (Å²) in [5.74, 6) is -1.43. The van der Waals surface area contributed by atoms with E-state index in [4.69, 9.17) is 10.8 Å². The fraction of sp³-hybridized carbons (Fsp3) is 0.385. The zero-order chi connectivity index (χ0) is 13.7. The highest BCUT2D eigenvalue weighted by molar-refractivity contribution is 6.02. The van der Waals surface area contributed by atoms with Crippen molar-refractivity contribution in [2.24, 2.45) is 5.73 Å². The van der Waals surface area contributed by atoms with E-state index in [1.54, 1.807) is 19.1 Å². The van der Waals surface area contributed by atoms with Gasteiger partial charge < -0.3 is 16.2 Å². The summed E-state index contributed by atoms with van der Waals surface area (Å²) in [6.45, 7) is 3.72. The summed E-state index contributed by atoms with van der Waals surface area (Å²) in [7, 11) is 0. The van der Waals surface area contributed by atoms with Gasteiger partial charge in [0.2, 0.25) is 5.91 Å². The molecule has 0 aromatic heterocycles. The zero-order valence-electron chi connectivity index (χ0n) is 10.6. The molecule has 5 nitrogen and oxygen atoms in total. The predicted octanol–water partition coefficient (Wildman–Crippen LogP) is 1.76. The second-order valence-corrected chi connectivity index (χ2v) is 4.24. The van der Waals surface area contributed by atoms with Gasteiger partial charge in [-0.1, -0.05) is 25.0 Å². The number of hydrogen-bond acceptors (Lipinski definition) is 3. The highest BCUT2D eigenvalue weighted by atomic mass is 16.4. The third kappa shape index (κ3) is 3.56. The van der Waals surface area contributed by atoms with Gasteiger partial charge in [-0.2, -0.15) is 0 Å². The Labute approximate surface area is 106 Å². The van der Waals surface area contributed by atoms with E-state index in [0.29, 0.717) is 6.42 Å². The molecule has 0 fully saturated rings. The maximum atomic E-state index is 11.7. The molecule has 1 aromatic rings. The van der Waals surface area contributed by atoms with Gasteiger partial charge in [0, 0.05) is 0 Å². The molecule has 0 spiro atoms. The van der Waals surface area contributed by atoms with Gasteiger partial charge >= 0.3 is 5.97 Å². The quantitative estimate of drug-likeness (QED) is 0.742. The molecule has 0 saturated heterocycles. The number of aryl methyl sites for hydroxylation is 1. The van der Waals surface area contributed by atoms with Gasteiger partial charge in [-0.05, 0) is 25.5 Å². The lowest BCUT2D eigenvalue weighted by Gasteiger charge is -2.13. The summed E-state index contributed by atoms with van der Waals surface area (Å²) in [4.78, 5) is 22.8. The molecule has 0 bridgehead atoms. The molecule has 1 atom stereocenters. The number of aromatic carboxylic acids is 1. The monoisotopic (exact) mass is 250 g/mol.